The number of piperazine rings is 1. The number of H-pyrrole nitrogens is 1. The Morgan fingerprint density at radius 1 is 1.07 bits per heavy atom. The van der Waals surface area contributed by atoms with E-state index in [1.165, 1.54) is 6.07 Å². The molecule has 1 aliphatic heterocycles. The van der Waals surface area contributed by atoms with Gasteiger partial charge in [0.1, 0.15) is 17.3 Å². The summed E-state index contributed by atoms with van der Waals surface area (Å²) in [5, 5.41) is 7.11. The fourth-order valence-electron chi connectivity index (χ4n) is 3.45. The number of aromatic nitrogens is 2. The zero-order valence-corrected chi connectivity index (χ0v) is 15.6. The van der Waals surface area contributed by atoms with Gasteiger partial charge in [-0.15, -0.1) is 0 Å². The van der Waals surface area contributed by atoms with E-state index in [-0.39, 0.29) is 11.7 Å². The van der Waals surface area contributed by atoms with E-state index in [2.05, 4.69) is 10.2 Å². The summed E-state index contributed by atoms with van der Waals surface area (Å²) in [5.74, 6) is 0.352. The number of halogens is 1. The molecule has 0 spiro atoms. The fourth-order valence-corrected chi connectivity index (χ4v) is 3.45. The van der Waals surface area contributed by atoms with Crippen molar-refractivity contribution in [3.05, 3.63) is 66.1 Å². The molecule has 3 aromatic rings. The predicted octanol–water partition coefficient (Wildman–Crippen LogP) is 3.19. The molecule has 1 saturated heterocycles. The van der Waals surface area contributed by atoms with Crippen molar-refractivity contribution >= 4 is 11.6 Å². The van der Waals surface area contributed by atoms with E-state index >= 15 is 0 Å². The van der Waals surface area contributed by atoms with Crippen molar-refractivity contribution in [2.45, 2.75) is 0 Å². The van der Waals surface area contributed by atoms with Crippen molar-refractivity contribution in [2.24, 2.45) is 0 Å². The van der Waals surface area contributed by atoms with Gasteiger partial charge in [-0.3, -0.25) is 9.89 Å². The number of hydrogen-bond donors (Lipinski definition) is 1. The third-order valence-corrected chi connectivity index (χ3v) is 4.95. The van der Waals surface area contributed by atoms with Crippen LogP contribution in [-0.2, 0) is 0 Å². The molecule has 6 nitrogen and oxygen atoms in total. The molecule has 0 radical (unpaired) electrons. The summed E-state index contributed by atoms with van der Waals surface area (Å²) >= 11 is 0. The van der Waals surface area contributed by atoms with Gasteiger partial charge >= 0.3 is 0 Å². The number of nitrogens with one attached hydrogen (secondary N) is 1. The Bertz CT molecular complexity index is 980. The van der Waals surface area contributed by atoms with Crippen molar-refractivity contribution in [1.29, 1.82) is 0 Å². The number of aromatic amines is 1. The number of benzene rings is 2. The van der Waals surface area contributed by atoms with Gasteiger partial charge in [0.15, 0.2) is 0 Å². The van der Waals surface area contributed by atoms with E-state index in [1.54, 1.807) is 30.2 Å². The van der Waals surface area contributed by atoms with E-state index in [4.69, 9.17) is 4.74 Å². The summed E-state index contributed by atoms with van der Waals surface area (Å²) in [6.45, 7) is 2.21. The first kappa shape index (κ1) is 18.0. The Hall–Kier alpha value is -3.35. The molecule has 0 aliphatic carbocycles. The lowest BCUT2D eigenvalue weighted by atomic mass is 10.1. The molecule has 0 saturated carbocycles. The second-order valence-corrected chi connectivity index (χ2v) is 6.60. The van der Waals surface area contributed by atoms with Crippen LogP contribution in [0.3, 0.4) is 0 Å². The van der Waals surface area contributed by atoms with Gasteiger partial charge in [-0.05, 0) is 30.3 Å². The summed E-state index contributed by atoms with van der Waals surface area (Å²) in [6, 6.07) is 16.0. The summed E-state index contributed by atoms with van der Waals surface area (Å²) in [7, 11) is 1.60. The number of amides is 1. The van der Waals surface area contributed by atoms with E-state index in [0.717, 1.165) is 5.56 Å². The molecule has 1 amide bonds. The molecule has 0 bridgehead atoms. The molecule has 0 atom stereocenters. The Balaban J connectivity index is 1.45. The van der Waals surface area contributed by atoms with E-state index in [1.807, 2.05) is 35.2 Å². The molecule has 2 heterocycles. The smallest absolute Gasteiger partial charge is 0.272 e. The number of methoxy groups -OCH3 is 1. The van der Waals surface area contributed by atoms with Crippen LogP contribution in [0.4, 0.5) is 10.1 Å². The molecule has 28 heavy (non-hydrogen) atoms. The highest BCUT2D eigenvalue weighted by Crippen LogP contribution is 2.28. The van der Waals surface area contributed by atoms with Gasteiger partial charge in [0, 0.05) is 31.7 Å². The number of para-hydroxylation sites is 2. The second kappa shape index (κ2) is 7.72. The van der Waals surface area contributed by atoms with Crippen LogP contribution >= 0.6 is 0 Å². The molecule has 2 aromatic carbocycles. The summed E-state index contributed by atoms with van der Waals surface area (Å²) in [5.41, 5.74) is 2.49. The van der Waals surface area contributed by atoms with Gasteiger partial charge in [-0.25, -0.2) is 4.39 Å². The fraction of sp³-hybridized carbons (Fsp3) is 0.238. The normalized spacial score (nSPS) is 14.2. The van der Waals surface area contributed by atoms with Crippen molar-refractivity contribution in [3.8, 4) is 17.0 Å². The maximum absolute atomic E-state index is 14.0. The van der Waals surface area contributed by atoms with Crippen molar-refractivity contribution in [3.63, 3.8) is 0 Å². The van der Waals surface area contributed by atoms with Gasteiger partial charge in [0.05, 0.1) is 18.5 Å². The van der Waals surface area contributed by atoms with Gasteiger partial charge in [0.2, 0.25) is 0 Å². The molecule has 7 heteroatoms. The average Bonchev–Trinajstić information content (AvgIpc) is 3.24. The average molecular weight is 380 g/mol. The number of rotatable bonds is 4. The first-order valence-corrected chi connectivity index (χ1v) is 9.15. The number of ether oxygens (including phenoxy) is 1. The van der Waals surface area contributed by atoms with Crippen LogP contribution in [0.15, 0.2) is 54.6 Å². The Kier molecular flexibility index (Phi) is 4.97. The topological polar surface area (TPSA) is 61.5 Å². The van der Waals surface area contributed by atoms with Crippen LogP contribution in [0.1, 0.15) is 10.5 Å². The molecule has 144 valence electrons. The minimum atomic E-state index is -0.239. The van der Waals surface area contributed by atoms with Crippen LogP contribution < -0.4 is 9.64 Å². The van der Waals surface area contributed by atoms with Crippen LogP contribution in [0.5, 0.6) is 5.75 Å². The molecule has 1 aliphatic rings. The quantitative estimate of drug-likeness (QED) is 0.755. The van der Waals surface area contributed by atoms with Gasteiger partial charge in [0.25, 0.3) is 5.91 Å². The maximum atomic E-state index is 14.0. The SMILES string of the molecule is COc1ccccc1-c1cc(C(=O)N2CCN(c3ccccc3F)CC2)[nH]n1. The Morgan fingerprint density at radius 2 is 1.79 bits per heavy atom. The van der Waals surface area contributed by atoms with Gasteiger partial charge < -0.3 is 14.5 Å². The van der Waals surface area contributed by atoms with Gasteiger partial charge in [-0.1, -0.05) is 24.3 Å². The lowest BCUT2D eigenvalue weighted by Crippen LogP contribution is -2.49. The number of carbonyl (C=O) groups is 1. The Morgan fingerprint density at radius 3 is 2.54 bits per heavy atom. The molecule has 0 unspecified atom stereocenters. The first-order valence-electron chi connectivity index (χ1n) is 9.15. The van der Waals surface area contributed by atoms with Crippen LogP contribution in [0, 0.1) is 5.82 Å². The first-order chi connectivity index (χ1) is 13.7. The predicted molar refractivity (Wildman–Crippen MR) is 105 cm³/mol. The third kappa shape index (κ3) is 3.43. The molecule has 1 N–H and O–H groups in total. The minimum Gasteiger partial charge on any atom is -0.496 e. The number of hydrogen-bond acceptors (Lipinski definition) is 4. The molecule has 1 fully saturated rings. The van der Waals surface area contributed by atoms with Crippen molar-refractivity contribution < 1.29 is 13.9 Å². The Labute approximate surface area is 162 Å². The van der Waals surface area contributed by atoms with E-state index < -0.39 is 0 Å². The molecule has 4 rings (SSSR count). The standard InChI is InChI=1S/C21H21FN4O2/c1-28-20-9-5-2-6-15(20)17-14-18(24-23-17)21(27)26-12-10-25(11-13-26)19-8-4-3-7-16(19)22/h2-9,14H,10-13H2,1H3,(H,23,24). The second-order valence-electron chi connectivity index (χ2n) is 6.60. The highest BCUT2D eigenvalue weighted by Gasteiger charge is 2.25. The largest absolute Gasteiger partial charge is 0.496 e. The summed E-state index contributed by atoms with van der Waals surface area (Å²) < 4.78 is 19.3. The zero-order valence-electron chi connectivity index (χ0n) is 15.6. The molecular weight excluding hydrogens is 359 g/mol. The summed E-state index contributed by atoms with van der Waals surface area (Å²) in [4.78, 5) is 16.6. The van der Waals surface area contributed by atoms with E-state index in [0.29, 0.717) is 49.0 Å². The monoisotopic (exact) mass is 380 g/mol. The number of nitrogens with zero attached hydrogens (tertiary/aromatic N) is 3. The van der Waals surface area contributed by atoms with Crippen LogP contribution in [0.25, 0.3) is 11.3 Å². The van der Waals surface area contributed by atoms with E-state index in [9.17, 15) is 9.18 Å². The minimum absolute atomic E-state index is 0.109. The van der Waals surface area contributed by atoms with Crippen LogP contribution in [0.2, 0.25) is 0 Å². The molecule has 1 aromatic heterocycles. The highest BCUT2D eigenvalue weighted by atomic mass is 19.1. The van der Waals surface area contributed by atoms with Gasteiger partial charge in [-0.2, -0.15) is 5.10 Å². The lowest BCUT2D eigenvalue weighted by molar-refractivity contribution is 0.0740. The number of anilines is 1. The molecular formula is C21H21FN4O2. The van der Waals surface area contributed by atoms with Crippen LogP contribution in [-0.4, -0.2) is 54.3 Å². The third-order valence-electron chi connectivity index (χ3n) is 4.95. The highest BCUT2D eigenvalue weighted by molar-refractivity contribution is 5.93. The number of carbonyl (C=O) groups excluding carboxylic acids is 1. The van der Waals surface area contributed by atoms with Crippen molar-refractivity contribution in [2.75, 3.05) is 38.2 Å². The lowest BCUT2D eigenvalue weighted by Gasteiger charge is -2.36. The van der Waals surface area contributed by atoms with Crippen molar-refractivity contribution in [1.82, 2.24) is 15.1 Å². The maximum Gasteiger partial charge on any atom is 0.272 e. The zero-order chi connectivity index (χ0) is 19.5. The summed E-state index contributed by atoms with van der Waals surface area (Å²) in [6.07, 6.45) is 0.